The van der Waals surface area contributed by atoms with Crippen LogP contribution in [0.15, 0.2) is 53.5 Å². The molecule has 0 aliphatic heterocycles. The molecule has 7 N–H and O–H groups in total. The molecule has 0 fully saturated rings. The van der Waals surface area contributed by atoms with Crippen LogP contribution in [-0.4, -0.2) is 18.4 Å². The minimum atomic E-state index is 0.0645. The fourth-order valence-corrected chi connectivity index (χ4v) is 3.64. The second-order valence-electron chi connectivity index (χ2n) is 8.32. The van der Waals surface area contributed by atoms with Gasteiger partial charge in [-0.15, -0.1) is 0 Å². The van der Waals surface area contributed by atoms with Crippen molar-refractivity contribution in [3.63, 3.8) is 0 Å². The van der Waals surface area contributed by atoms with Gasteiger partial charge in [-0.05, 0) is 67.6 Å². The van der Waals surface area contributed by atoms with Crippen LogP contribution >= 0.6 is 0 Å². The molecule has 0 bridgehead atoms. The Morgan fingerprint density at radius 2 is 1.22 bits per heavy atom. The maximum Gasteiger partial charge on any atom is 0.224 e. The van der Waals surface area contributed by atoms with E-state index >= 15 is 0 Å². The van der Waals surface area contributed by atoms with Gasteiger partial charge in [0, 0.05) is 12.1 Å². The summed E-state index contributed by atoms with van der Waals surface area (Å²) in [5.74, 6) is 0.163. The topological polar surface area (TPSA) is 120 Å². The van der Waals surface area contributed by atoms with Crippen LogP contribution in [0.4, 0.5) is 11.4 Å². The van der Waals surface area contributed by atoms with Crippen LogP contribution in [-0.2, 0) is 17.6 Å². The molecular formula is C26H39N5O. The molecule has 6 heteroatoms. The van der Waals surface area contributed by atoms with Crippen molar-refractivity contribution in [3.8, 4) is 0 Å². The smallest absolute Gasteiger partial charge is 0.224 e. The number of rotatable bonds is 15. The van der Waals surface area contributed by atoms with Crippen molar-refractivity contribution in [3.05, 3.63) is 59.7 Å². The monoisotopic (exact) mass is 437 g/mol. The molecule has 0 atom stereocenters. The minimum Gasteiger partial charge on any atom is -0.370 e. The predicted molar refractivity (Wildman–Crippen MR) is 135 cm³/mol. The zero-order valence-corrected chi connectivity index (χ0v) is 19.2. The summed E-state index contributed by atoms with van der Waals surface area (Å²) < 4.78 is 0. The van der Waals surface area contributed by atoms with Gasteiger partial charge in [-0.3, -0.25) is 4.79 Å². The first kappa shape index (κ1) is 25.4. The number of unbranched alkanes of at least 4 members (excludes halogenated alkanes) is 7. The third kappa shape index (κ3) is 11.0. The highest BCUT2D eigenvalue weighted by Gasteiger charge is 2.03. The molecule has 32 heavy (non-hydrogen) atoms. The zero-order valence-electron chi connectivity index (χ0n) is 19.2. The summed E-state index contributed by atoms with van der Waals surface area (Å²) in [5, 5.41) is 3.01. The van der Waals surface area contributed by atoms with Crippen LogP contribution in [0.5, 0.6) is 0 Å². The molecule has 0 heterocycles. The lowest BCUT2D eigenvalue weighted by molar-refractivity contribution is -0.116. The van der Waals surface area contributed by atoms with Gasteiger partial charge < -0.3 is 22.5 Å². The summed E-state index contributed by atoms with van der Waals surface area (Å²) in [6.45, 7) is 0.801. The van der Waals surface area contributed by atoms with E-state index in [1.165, 1.54) is 43.2 Å². The van der Waals surface area contributed by atoms with Gasteiger partial charge in [-0.1, -0.05) is 62.8 Å². The maximum atomic E-state index is 12.2. The Hall–Kier alpha value is -2.86. The Labute approximate surface area is 192 Å². The molecule has 174 valence electrons. The van der Waals surface area contributed by atoms with Crippen LogP contribution in [0.25, 0.3) is 0 Å². The van der Waals surface area contributed by atoms with Crippen LogP contribution in [0.1, 0.15) is 68.9 Å². The summed E-state index contributed by atoms with van der Waals surface area (Å²) in [4.78, 5) is 16.2. The number of carbonyl (C=O) groups is 1. The van der Waals surface area contributed by atoms with Gasteiger partial charge in [0.2, 0.25) is 5.91 Å². The highest BCUT2D eigenvalue weighted by molar-refractivity contribution is 5.90. The number of nitrogens with zero attached hydrogens (tertiary/aromatic N) is 1. The Kier molecular flexibility index (Phi) is 11.9. The van der Waals surface area contributed by atoms with Crippen molar-refractivity contribution in [1.29, 1.82) is 0 Å². The summed E-state index contributed by atoms with van der Waals surface area (Å²) >= 11 is 0. The van der Waals surface area contributed by atoms with Crippen LogP contribution < -0.4 is 22.5 Å². The summed E-state index contributed by atoms with van der Waals surface area (Å²) in [5.41, 5.74) is 20.4. The number of nitrogens with two attached hydrogens (primary N) is 3. The Bertz CT molecular complexity index is 811. The molecule has 2 rings (SSSR count). The van der Waals surface area contributed by atoms with Crippen LogP contribution in [0.2, 0.25) is 0 Å². The molecule has 1 amide bonds. The molecule has 2 aromatic carbocycles. The molecule has 0 spiro atoms. The number of nitrogens with one attached hydrogen (secondary N) is 1. The first-order valence-electron chi connectivity index (χ1n) is 11.8. The number of carbonyl (C=O) groups excluding carboxylic acids is 1. The summed E-state index contributed by atoms with van der Waals surface area (Å²) in [6, 6.07) is 16.0. The van der Waals surface area contributed by atoms with Gasteiger partial charge >= 0.3 is 0 Å². The minimum absolute atomic E-state index is 0.0645. The molecular weight excluding hydrogens is 398 g/mol. The van der Waals surface area contributed by atoms with E-state index in [1.807, 2.05) is 36.4 Å². The number of benzene rings is 2. The molecule has 0 aliphatic rings. The third-order valence-electron chi connectivity index (χ3n) is 5.49. The van der Waals surface area contributed by atoms with E-state index in [0.29, 0.717) is 6.42 Å². The van der Waals surface area contributed by atoms with Crippen LogP contribution in [0, 0.1) is 0 Å². The van der Waals surface area contributed by atoms with Crippen molar-refractivity contribution in [2.75, 3.05) is 11.9 Å². The predicted octanol–water partition coefficient (Wildman–Crippen LogP) is 4.78. The lowest BCUT2D eigenvalue weighted by atomic mass is 10.0. The SMILES string of the molecule is NCCCCCCCCCCC(=O)Nc1ccc(CCc2ccc(N=C(N)N)cc2)cc1. The van der Waals surface area contributed by atoms with Crippen molar-refractivity contribution in [1.82, 2.24) is 0 Å². The van der Waals surface area contributed by atoms with Gasteiger partial charge in [0.05, 0.1) is 5.69 Å². The first-order valence-corrected chi connectivity index (χ1v) is 11.8. The normalized spacial score (nSPS) is 10.7. The molecule has 0 saturated carbocycles. The molecule has 0 radical (unpaired) electrons. The van der Waals surface area contributed by atoms with E-state index in [9.17, 15) is 4.79 Å². The van der Waals surface area contributed by atoms with E-state index < -0.39 is 0 Å². The molecule has 6 nitrogen and oxygen atoms in total. The Morgan fingerprint density at radius 1 is 0.719 bits per heavy atom. The largest absolute Gasteiger partial charge is 0.370 e. The van der Waals surface area contributed by atoms with Gasteiger partial charge in [0.25, 0.3) is 0 Å². The highest BCUT2D eigenvalue weighted by atomic mass is 16.1. The number of amides is 1. The number of hydrogen-bond donors (Lipinski definition) is 4. The number of aryl methyl sites for hydroxylation is 2. The van der Waals surface area contributed by atoms with Crippen molar-refractivity contribution in [2.45, 2.75) is 70.6 Å². The molecule has 0 saturated heterocycles. The average molecular weight is 438 g/mol. The van der Waals surface area contributed by atoms with Crippen molar-refractivity contribution in [2.24, 2.45) is 22.2 Å². The lowest BCUT2D eigenvalue weighted by Gasteiger charge is -2.07. The van der Waals surface area contributed by atoms with E-state index in [4.69, 9.17) is 17.2 Å². The number of anilines is 1. The van der Waals surface area contributed by atoms with E-state index in [2.05, 4.69) is 22.4 Å². The van der Waals surface area contributed by atoms with Gasteiger partial charge in [-0.25, -0.2) is 4.99 Å². The molecule has 0 unspecified atom stereocenters. The van der Waals surface area contributed by atoms with E-state index in [-0.39, 0.29) is 11.9 Å². The van der Waals surface area contributed by atoms with Crippen molar-refractivity contribution >= 4 is 23.2 Å². The van der Waals surface area contributed by atoms with E-state index in [1.54, 1.807) is 0 Å². The highest BCUT2D eigenvalue weighted by Crippen LogP contribution is 2.16. The van der Waals surface area contributed by atoms with Gasteiger partial charge in [0.15, 0.2) is 5.96 Å². The van der Waals surface area contributed by atoms with Crippen molar-refractivity contribution < 1.29 is 4.79 Å². The lowest BCUT2D eigenvalue weighted by Crippen LogP contribution is -2.21. The molecule has 0 aliphatic carbocycles. The standard InChI is InChI=1S/C26H39N5O/c27-20-8-6-4-2-1-3-5-7-9-25(32)30-23-16-12-21(13-17-23)10-11-22-14-18-24(19-15-22)31-26(28)29/h12-19H,1-11,20,27H2,(H,30,32)(H4,28,29,31). The third-order valence-corrected chi connectivity index (χ3v) is 5.49. The number of guanidine groups is 1. The average Bonchev–Trinajstić information content (AvgIpc) is 2.78. The molecule has 2 aromatic rings. The number of aliphatic imine (C=N–C) groups is 1. The second-order valence-corrected chi connectivity index (χ2v) is 8.32. The van der Waals surface area contributed by atoms with Gasteiger partial charge in [0.1, 0.15) is 0 Å². The van der Waals surface area contributed by atoms with Crippen LogP contribution in [0.3, 0.4) is 0 Å². The summed E-state index contributed by atoms with van der Waals surface area (Å²) in [7, 11) is 0. The quantitative estimate of drug-likeness (QED) is 0.182. The maximum absolute atomic E-state index is 12.2. The Balaban J connectivity index is 1.61. The fraction of sp³-hybridized carbons (Fsp3) is 0.462. The first-order chi connectivity index (χ1) is 15.6. The molecule has 0 aromatic heterocycles. The van der Waals surface area contributed by atoms with E-state index in [0.717, 1.165) is 50.0 Å². The zero-order chi connectivity index (χ0) is 23.0. The fourth-order valence-electron chi connectivity index (χ4n) is 3.64. The number of hydrogen-bond acceptors (Lipinski definition) is 3. The summed E-state index contributed by atoms with van der Waals surface area (Å²) in [6.07, 6.45) is 11.9. The van der Waals surface area contributed by atoms with Gasteiger partial charge in [-0.2, -0.15) is 0 Å². The Morgan fingerprint density at radius 3 is 1.75 bits per heavy atom. The second kappa shape index (κ2) is 15.0.